The Hall–Kier alpha value is -1.09. The summed E-state index contributed by atoms with van der Waals surface area (Å²) < 4.78 is 14.3. The first-order valence-corrected chi connectivity index (χ1v) is 7.94. The van der Waals surface area contributed by atoms with Crippen LogP contribution in [-0.4, -0.2) is 19.6 Å². The van der Waals surface area contributed by atoms with Gasteiger partial charge in [-0.25, -0.2) is 4.39 Å². The Balaban J connectivity index is 2.06. The molecule has 1 N–H and O–H groups in total. The zero-order chi connectivity index (χ0) is 14.4. The van der Waals surface area contributed by atoms with E-state index in [1.54, 1.807) is 6.07 Å². The molecule has 0 spiro atoms. The van der Waals surface area contributed by atoms with Gasteiger partial charge in [-0.1, -0.05) is 38.7 Å². The lowest BCUT2D eigenvalue weighted by atomic mass is 10.1. The number of nitrogens with zero attached hydrogens (tertiary/aromatic N) is 1. The second kappa shape index (κ2) is 7.63. The number of hydrogen-bond donors (Lipinski definition) is 1. The molecule has 0 aromatic heterocycles. The van der Waals surface area contributed by atoms with Gasteiger partial charge >= 0.3 is 0 Å². The smallest absolute Gasteiger partial charge is 0.146 e. The standard InChI is InChI=1S/C17H27FN2/c1-3-19-13-14-10-11-17(16(18)12-14)20(2)15-8-6-4-5-7-9-15/h10-12,15,19H,3-9,13H2,1-2H3. The van der Waals surface area contributed by atoms with Crippen LogP contribution < -0.4 is 10.2 Å². The third-order valence-corrected chi connectivity index (χ3v) is 4.34. The minimum Gasteiger partial charge on any atom is -0.369 e. The zero-order valence-corrected chi connectivity index (χ0v) is 12.8. The molecule has 0 aliphatic heterocycles. The normalized spacial score (nSPS) is 16.9. The highest BCUT2D eigenvalue weighted by Crippen LogP contribution is 2.27. The van der Waals surface area contributed by atoms with Gasteiger partial charge in [-0.3, -0.25) is 0 Å². The molecule has 0 radical (unpaired) electrons. The van der Waals surface area contributed by atoms with E-state index >= 15 is 0 Å². The minimum atomic E-state index is -0.0906. The predicted molar refractivity (Wildman–Crippen MR) is 83.7 cm³/mol. The van der Waals surface area contributed by atoms with Gasteiger partial charge in [-0.15, -0.1) is 0 Å². The molecule has 20 heavy (non-hydrogen) atoms. The summed E-state index contributed by atoms with van der Waals surface area (Å²) in [4.78, 5) is 2.15. The molecule has 1 aliphatic rings. The molecular formula is C17H27FN2. The van der Waals surface area contributed by atoms with Crippen molar-refractivity contribution in [1.29, 1.82) is 0 Å². The fourth-order valence-electron chi connectivity index (χ4n) is 3.06. The lowest BCUT2D eigenvalue weighted by molar-refractivity contribution is 0.537. The summed E-state index contributed by atoms with van der Waals surface area (Å²) in [5, 5.41) is 3.23. The first kappa shape index (κ1) is 15.3. The average Bonchev–Trinajstić information content (AvgIpc) is 2.73. The summed E-state index contributed by atoms with van der Waals surface area (Å²) in [6.45, 7) is 3.71. The summed E-state index contributed by atoms with van der Waals surface area (Å²) in [5.74, 6) is -0.0906. The van der Waals surface area contributed by atoms with Crippen LogP contribution in [-0.2, 0) is 6.54 Å². The summed E-state index contributed by atoms with van der Waals surface area (Å²) in [7, 11) is 2.04. The van der Waals surface area contributed by atoms with Gasteiger partial charge in [-0.2, -0.15) is 0 Å². The largest absolute Gasteiger partial charge is 0.369 e. The van der Waals surface area contributed by atoms with Crippen molar-refractivity contribution in [3.8, 4) is 0 Å². The van der Waals surface area contributed by atoms with E-state index in [4.69, 9.17) is 0 Å². The minimum absolute atomic E-state index is 0.0906. The fraction of sp³-hybridized carbons (Fsp3) is 0.647. The molecule has 0 atom stereocenters. The highest BCUT2D eigenvalue weighted by molar-refractivity contribution is 5.49. The summed E-state index contributed by atoms with van der Waals surface area (Å²) >= 11 is 0. The SMILES string of the molecule is CCNCc1ccc(N(C)C2CCCCCC2)c(F)c1. The van der Waals surface area contributed by atoms with E-state index in [-0.39, 0.29) is 5.82 Å². The Morgan fingerprint density at radius 1 is 1.20 bits per heavy atom. The molecule has 1 aliphatic carbocycles. The molecule has 1 fully saturated rings. The molecule has 0 heterocycles. The van der Waals surface area contributed by atoms with Crippen LogP contribution in [0.3, 0.4) is 0 Å². The van der Waals surface area contributed by atoms with E-state index in [0.717, 1.165) is 24.3 Å². The molecular weight excluding hydrogens is 251 g/mol. The molecule has 2 nitrogen and oxygen atoms in total. The van der Waals surface area contributed by atoms with E-state index in [9.17, 15) is 4.39 Å². The molecule has 1 saturated carbocycles. The van der Waals surface area contributed by atoms with Crippen molar-refractivity contribution >= 4 is 5.69 Å². The van der Waals surface area contributed by atoms with Crippen molar-refractivity contribution in [2.24, 2.45) is 0 Å². The predicted octanol–water partition coefficient (Wildman–Crippen LogP) is 4.09. The van der Waals surface area contributed by atoms with Crippen LogP contribution in [0, 0.1) is 5.82 Å². The lowest BCUT2D eigenvalue weighted by Crippen LogP contribution is -2.31. The molecule has 112 valence electrons. The van der Waals surface area contributed by atoms with Crippen molar-refractivity contribution in [1.82, 2.24) is 5.32 Å². The second-order valence-corrected chi connectivity index (χ2v) is 5.82. The van der Waals surface area contributed by atoms with Gasteiger partial charge in [-0.05, 0) is 37.1 Å². The number of nitrogens with one attached hydrogen (secondary N) is 1. The van der Waals surface area contributed by atoms with Gasteiger partial charge in [0.1, 0.15) is 5.82 Å². The molecule has 2 rings (SSSR count). The summed E-state index contributed by atoms with van der Waals surface area (Å²) in [6.07, 6.45) is 7.58. The van der Waals surface area contributed by atoms with Crippen LogP contribution in [0.5, 0.6) is 0 Å². The number of anilines is 1. The van der Waals surface area contributed by atoms with Crippen molar-refractivity contribution < 1.29 is 4.39 Å². The van der Waals surface area contributed by atoms with Crippen LogP contribution in [0.15, 0.2) is 18.2 Å². The average molecular weight is 278 g/mol. The third kappa shape index (κ3) is 3.95. The van der Waals surface area contributed by atoms with Crippen molar-refractivity contribution in [2.75, 3.05) is 18.5 Å². The van der Waals surface area contributed by atoms with Gasteiger partial charge < -0.3 is 10.2 Å². The van der Waals surface area contributed by atoms with E-state index < -0.39 is 0 Å². The van der Waals surface area contributed by atoms with Crippen molar-refractivity contribution in [2.45, 2.75) is 58.0 Å². The van der Waals surface area contributed by atoms with E-state index in [2.05, 4.69) is 17.1 Å². The molecule has 1 aromatic carbocycles. The van der Waals surface area contributed by atoms with Gasteiger partial charge in [0.05, 0.1) is 5.69 Å². The molecule has 0 bridgehead atoms. The highest BCUT2D eigenvalue weighted by atomic mass is 19.1. The number of hydrogen-bond acceptors (Lipinski definition) is 2. The topological polar surface area (TPSA) is 15.3 Å². The number of benzene rings is 1. The number of halogens is 1. The quantitative estimate of drug-likeness (QED) is 0.816. The number of rotatable bonds is 5. The molecule has 3 heteroatoms. The van der Waals surface area contributed by atoms with E-state index in [0.29, 0.717) is 6.04 Å². The van der Waals surface area contributed by atoms with Crippen LogP contribution >= 0.6 is 0 Å². The first-order valence-electron chi connectivity index (χ1n) is 7.94. The van der Waals surface area contributed by atoms with Gasteiger partial charge in [0.15, 0.2) is 0 Å². The maximum atomic E-state index is 14.3. The Labute approximate surface area is 122 Å². The third-order valence-electron chi connectivity index (χ3n) is 4.34. The monoisotopic (exact) mass is 278 g/mol. The van der Waals surface area contributed by atoms with Crippen LogP contribution in [0.4, 0.5) is 10.1 Å². The zero-order valence-electron chi connectivity index (χ0n) is 12.8. The van der Waals surface area contributed by atoms with Crippen LogP contribution in [0.25, 0.3) is 0 Å². The fourth-order valence-corrected chi connectivity index (χ4v) is 3.06. The lowest BCUT2D eigenvalue weighted by Gasteiger charge is -2.29. The Bertz CT molecular complexity index is 411. The Kier molecular flexibility index (Phi) is 5.84. The van der Waals surface area contributed by atoms with E-state index in [1.165, 1.54) is 38.5 Å². The summed E-state index contributed by atoms with van der Waals surface area (Å²) in [5.41, 5.74) is 1.76. The molecule has 0 unspecified atom stereocenters. The van der Waals surface area contributed by atoms with Gasteiger partial charge in [0.2, 0.25) is 0 Å². The molecule has 0 saturated heterocycles. The van der Waals surface area contributed by atoms with Crippen LogP contribution in [0.1, 0.15) is 51.0 Å². The summed E-state index contributed by atoms with van der Waals surface area (Å²) in [6, 6.07) is 6.14. The van der Waals surface area contributed by atoms with Gasteiger partial charge in [0.25, 0.3) is 0 Å². The molecule has 1 aromatic rings. The molecule has 0 amide bonds. The van der Waals surface area contributed by atoms with Crippen molar-refractivity contribution in [3.05, 3.63) is 29.6 Å². The Morgan fingerprint density at radius 2 is 1.90 bits per heavy atom. The first-order chi connectivity index (χ1) is 9.72. The maximum Gasteiger partial charge on any atom is 0.146 e. The van der Waals surface area contributed by atoms with Gasteiger partial charge in [0, 0.05) is 19.6 Å². The van der Waals surface area contributed by atoms with Crippen molar-refractivity contribution in [3.63, 3.8) is 0 Å². The highest BCUT2D eigenvalue weighted by Gasteiger charge is 2.19. The second-order valence-electron chi connectivity index (χ2n) is 5.82. The van der Waals surface area contributed by atoms with E-state index in [1.807, 2.05) is 19.2 Å². The maximum absolute atomic E-state index is 14.3. The van der Waals surface area contributed by atoms with Crippen LogP contribution in [0.2, 0.25) is 0 Å². The Morgan fingerprint density at radius 3 is 2.50 bits per heavy atom.